The number of hydrogen-bond donors (Lipinski definition) is 1. The van der Waals surface area contributed by atoms with Crippen molar-refractivity contribution in [2.45, 2.75) is 0 Å². The van der Waals surface area contributed by atoms with Gasteiger partial charge in [0.2, 0.25) is 0 Å². The molecule has 0 saturated carbocycles. The first-order valence-electron chi connectivity index (χ1n) is 3.83. The van der Waals surface area contributed by atoms with Crippen LogP contribution in [-0.2, 0) is 0 Å². The summed E-state index contributed by atoms with van der Waals surface area (Å²) in [6.45, 7) is 0. The summed E-state index contributed by atoms with van der Waals surface area (Å²) >= 11 is 10.9. The molecule has 1 rings (SSSR count). The SMILES string of the molecule is CN(C)NC(=S)c1ccc(Cl)cc1. The van der Waals surface area contributed by atoms with E-state index < -0.39 is 0 Å². The monoisotopic (exact) mass is 214 g/mol. The summed E-state index contributed by atoms with van der Waals surface area (Å²) < 4.78 is 0. The van der Waals surface area contributed by atoms with Crippen LogP contribution in [0.3, 0.4) is 0 Å². The molecule has 1 aromatic carbocycles. The number of rotatable bonds is 2. The van der Waals surface area contributed by atoms with Crippen molar-refractivity contribution >= 4 is 28.8 Å². The first-order chi connectivity index (χ1) is 6.09. The van der Waals surface area contributed by atoms with Crippen LogP contribution in [0.2, 0.25) is 5.02 Å². The number of nitrogens with zero attached hydrogens (tertiary/aromatic N) is 1. The van der Waals surface area contributed by atoms with E-state index in [1.165, 1.54) is 0 Å². The highest BCUT2D eigenvalue weighted by Crippen LogP contribution is 2.09. The second-order valence-corrected chi connectivity index (χ2v) is 3.69. The Labute approximate surface area is 88.5 Å². The molecular weight excluding hydrogens is 204 g/mol. The van der Waals surface area contributed by atoms with Crippen LogP contribution in [-0.4, -0.2) is 24.1 Å². The molecule has 0 fully saturated rings. The normalized spacial score (nSPS) is 10.2. The highest BCUT2D eigenvalue weighted by Gasteiger charge is 2.00. The molecule has 0 radical (unpaired) electrons. The van der Waals surface area contributed by atoms with Crippen LogP contribution in [0.25, 0.3) is 0 Å². The molecule has 13 heavy (non-hydrogen) atoms. The van der Waals surface area contributed by atoms with Gasteiger partial charge < -0.3 is 5.43 Å². The number of thiocarbonyl (C=S) groups is 1. The lowest BCUT2D eigenvalue weighted by Crippen LogP contribution is -2.35. The summed E-state index contributed by atoms with van der Waals surface area (Å²) in [5, 5.41) is 2.52. The third kappa shape index (κ3) is 3.30. The minimum Gasteiger partial charge on any atom is -0.309 e. The Kier molecular flexibility index (Phi) is 3.66. The zero-order chi connectivity index (χ0) is 9.84. The van der Waals surface area contributed by atoms with Gasteiger partial charge in [-0.25, -0.2) is 5.01 Å². The zero-order valence-electron chi connectivity index (χ0n) is 7.54. The summed E-state index contributed by atoms with van der Waals surface area (Å²) in [7, 11) is 3.78. The molecule has 0 aliphatic carbocycles. The second-order valence-electron chi connectivity index (χ2n) is 2.84. The Balaban J connectivity index is 2.72. The highest BCUT2D eigenvalue weighted by molar-refractivity contribution is 7.80. The van der Waals surface area contributed by atoms with Crippen LogP contribution in [0.4, 0.5) is 0 Å². The number of benzene rings is 1. The fraction of sp³-hybridized carbons (Fsp3) is 0.222. The predicted octanol–water partition coefficient (Wildman–Crippen LogP) is 2.08. The minimum atomic E-state index is 0.696. The van der Waals surface area contributed by atoms with Crippen molar-refractivity contribution in [3.05, 3.63) is 34.9 Å². The van der Waals surface area contributed by atoms with Gasteiger partial charge in [0.15, 0.2) is 0 Å². The molecular formula is C9H11ClN2S. The summed E-state index contributed by atoms with van der Waals surface area (Å²) in [4.78, 5) is 0.696. The van der Waals surface area contributed by atoms with Gasteiger partial charge in [-0.1, -0.05) is 36.0 Å². The molecule has 0 heterocycles. The Morgan fingerprint density at radius 1 is 1.31 bits per heavy atom. The van der Waals surface area contributed by atoms with E-state index in [4.69, 9.17) is 23.8 Å². The minimum absolute atomic E-state index is 0.696. The van der Waals surface area contributed by atoms with E-state index in [0.29, 0.717) is 4.99 Å². The van der Waals surface area contributed by atoms with Gasteiger partial charge in [0.1, 0.15) is 4.99 Å². The Morgan fingerprint density at radius 2 is 1.85 bits per heavy atom. The molecule has 0 atom stereocenters. The van der Waals surface area contributed by atoms with Crippen molar-refractivity contribution in [3.63, 3.8) is 0 Å². The van der Waals surface area contributed by atoms with E-state index in [0.717, 1.165) is 10.6 Å². The summed E-state index contributed by atoms with van der Waals surface area (Å²) in [5.41, 5.74) is 3.97. The van der Waals surface area contributed by atoms with Gasteiger partial charge in [0, 0.05) is 24.7 Å². The molecule has 0 saturated heterocycles. The van der Waals surface area contributed by atoms with Crippen molar-refractivity contribution in [3.8, 4) is 0 Å². The van der Waals surface area contributed by atoms with E-state index >= 15 is 0 Å². The van der Waals surface area contributed by atoms with Crippen LogP contribution in [0.5, 0.6) is 0 Å². The Morgan fingerprint density at radius 3 is 2.31 bits per heavy atom. The fourth-order valence-corrected chi connectivity index (χ4v) is 1.31. The second kappa shape index (κ2) is 4.56. The third-order valence-corrected chi connectivity index (χ3v) is 2.01. The fourth-order valence-electron chi connectivity index (χ4n) is 0.869. The molecule has 0 aromatic heterocycles. The van der Waals surface area contributed by atoms with Gasteiger partial charge in [-0.05, 0) is 12.1 Å². The van der Waals surface area contributed by atoms with Crippen molar-refractivity contribution in [1.29, 1.82) is 0 Å². The largest absolute Gasteiger partial charge is 0.309 e. The lowest BCUT2D eigenvalue weighted by molar-refractivity contribution is 0.366. The van der Waals surface area contributed by atoms with Gasteiger partial charge in [-0.15, -0.1) is 0 Å². The van der Waals surface area contributed by atoms with Gasteiger partial charge >= 0.3 is 0 Å². The molecule has 0 unspecified atom stereocenters. The van der Waals surface area contributed by atoms with E-state index in [9.17, 15) is 0 Å². The molecule has 0 aliphatic rings. The van der Waals surface area contributed by atoms with Crippen molar-refractivity contribution in [1.82, 2.24) is 10.4 Å². The maximum absolute atomic E-state index is 5.75. The smallest absolute Gasteiger partial charge is 0.120 e. The lowest BCUT2D eigenvalue weighted by atomic mass is 10.2. The first-order valence-corrected chi connectivity index (χ1v) is 4.62. The van der Waals surface area contributed by atoms with E-state index in [1.807, 2.05) is 38.4 Å². The predicted molar refractivity (Wildman–Crippen MR) is 60.0 cm³/mol. The molecule has 1 aromatic rings. The molecule has 0 bridgehead atoms. The molecule has 0 spiro atoms. The number of hydrogen-bond acceptors (Lipinski definition) is 2. The average Bonchev–Trinajstić information content (AvgIpc) is 2.04. The van der Waals surface area contributed by atoms with Crippen LogP contribution >= 0.6 is 23.8 Å². The van der Waals surface area contributed by atoms with Gasteiger partial charge in [-0.3, -0.25) is 0 Å². The molecule has 2 nitrogen and oxygen atoms in total. The van der Waals surface area contributed by atoms with Crippen LogP contribution in [0, 0.1) is 0 Å². The zero-order valence-corrected chi connectivity index (χ0v) is 9.12. The molecule has 4 heteroatoms. The standard InChI is InChI=1S/C9H11ClN2S/c1-12(2)11-9(13)7-3-5-8(10)6-4-7/h3-6H,1-2H3,(H,11,13). The van der Waals surface area contributed by atoms with E-state index in [2.05, 4.69) is 5.43 Å². The van der Waals surface area contributed by atoms with Crippen LogP contribution in [0.1, 0.15) is 5.56 Å². The van der Waals surface area contributed by atoms with Crippen LogP contribution in [0.15, 0.2) is 24.3 Å². The summed E-state index contributed by atoms with van der Waals surface area (Å²) in [6.07, 6.45) is 0. The van der Waals surface area contributed by atoms with Crippen molar-refractivity contribution in [2.24, 2.45) is 0 Å². The van der Waals surface area contributed by atoms with E-state index in [-0.39, 0.29) is 0 Å². The highest BCUT2D eigenvalue weighted by atomic mass is 35.5. The molecule has 0 amide bonds. The first kappa shape index (κ1) is 10.4. The van der Waals surface area contributed by atoms with E-state index in [1.54, 1.807) is 5.01 Å². The summed E-state index contributed by atoms with van der Waals surface area (Å²) in [6, 6.07) is 7.42. The third-order valence-electron chi connectivity index (χ3n) is 1.43. The Bertz CT molecular complexity index is 295. The summed E-state index contributed by atoms with van der Waals surface area (Å²) in [5.74, 6) is 0. The maximum Gasteiger partial charge on any atom is 0.120 e. The number of nitrogens with one attached hydrogen (secondary N) is 1. The topological polar surface area (TPSA) is 15.3 Å². The van der Waals surface area contributed by atoms with Crippen molar-refractivity contribution < 1.29 is 0 Å². The van der Waals surface area contributed by atoms with Crippen molar-refractivity contribution in [2.75, 3.05) is 14.1 Å². The number of hydrazine groups is 1. The maximum atomic E-state index is 5.75. The van der Waals surface area contributed by atoms with Gasteiger partial charge in [0.25, 0.3) is 0 Å². The van der Waals surface area contributed by atoms with Crippen LogP contribution < -0.4 is 5.43 Å². The van der Waals surface area contributed by atoms with Gasteiger partial charge in [-0.2, -0.15) is 0 Å². The van der Waals surface area contributed by atoms with Gasteiger partial charge in [0.05, 0.1) is 0 Å². The molecule has 70 valence electrons. The molecule has 1 N–H and O–H groups in total. The quantitative estimate of drug-likeness (QED) is 0.600. The molecule has 0 aliphatic heterocycles. The lowest BCUT2D eigenvalue weighted by Gasteiger charge is -2.14. The average molecular weight is 215 g/mol. The Hall–Kier alpha value is -0.640. The number of halogens is 1.